The molecule has 9 heteroatoms. The summed E-state index contributed by atoms with van der Waals surface area (Å²) in [5.74, 6) is -0.662. The first-order valence-electron chi connectivity index (χ1n) is 7.57. The molecule has 0 atom stereocenters. The molecule has 138 valence electrons. The fraction of sp³-hybridized carbons (Fsp3) is 0.176. The second-order valence-corrected chi connectivity index (χ2v) is 7.15. The van der Waals surface area contributed by atoms with Crippen LogP contribution in [0.4, 0.5) is 5.69 Å². The van der Waals surface area contributed by atoms with Crippen molar-refractivity contribution in [1.29, 1.82) is 0 Å². The van der Waals surface area contributed by atoms with Gasteiger partial charge in [-0.1, -0.05) is 17.7 Å². The summed E-state index contributed by atoms with van der Waals surface area (Å²) < 4.78 is 29.8. The number of amides is 2. The second-order valence-electron chi connectivity index (χ2n) is 5.47. The predicted octanol–water partition coefficient (Wildman–Crippen LogP) is 1.59. The molecule has 3 N–H and O–H groups in total. The molecule has 2 rings (SSSR count). The first-order chi connectivity index (χ1) is 12.2. The smallest absolute Gasteiger partial charge is 0.266 e. The van der Waals surface area contributed by atoms with Crippen LogP contribution in [0.5, 0.6) is 5.75 Å². The lowest BCUT2D eigenvalue weighted by Crippen LogP contribution is -2.41. The molecule has 0 heterocycles. The van der Waals surface area contributed by atoms with E-state index in [9.17, 15) is 18.0 Å². The van der Waals surface area contributed by atoms with E-state index in [1.807, 2.05) is 11.8 Å². The van der Waals surface area contributed by atoms with E-state index in [4.69, 9.17) is 4.74 Å². The monoisotopic (exact) mass is 377 g/mol. The van der Waals surface area contributed by atoms with Gasteiger partial charge in [0.2, 0.25) is 5.91 Å². The first kappa shape index (κ1) is 19.4. The van der Waals surface area contributed by atoms with Crippen molar-refractivity contribution < 1.29 is 22.7 Å². The average Bonchev–Trinajstić information content (AvgIpc) is 2.60. The van der Waals surface area contributed by atoms with Gasteiger partial charge < -0.3 is 10.1 Å². The van der Waals surface area contributed by atoms with Gasteiger partial charge in [0.05, 0.1) is 17.7 Å². The molecule has 2 amide bonds. The van der Waals surface area contributed by atoms with Gasteiger partial charge in [0.1, 0.15) is 5.75 Å². The number of rotatable bonds is 6. The fourth-order valence-corrected chi connectivity index (χ4v) is 2.96. The van der Waals surface area contributed by atoms with E-state index >= 15 is 0 Å². The van der Waals surface area contributed by atoms with Crippen LogP contribution in [-0.2, 0) is 14.8 Å². The Morgan fingerprint density at radius 2 is 1.69 bits per heavy atom. The molecule has 0 saturated heterocycles. The van der Waals surface area contributed by atoms with Crippen molar-refractivity contribution >= 4 is 27.5 Å². The highest BCUT2D eigenvalue weighted by molar-refractivity contribution is 7.89. The maximum Gasteiger partial charge on any atom is 0.266 e. The van der Waals surface area contributed by atoms with E-state index in [0.29, 0.717) is 11.3 Å². The molecule has 2 aromatic carbocycles. The zero-order valence-electron chi connectivity index (χ0n) is 14.5. The van der Waals surface area contributed by atoms with Crippen LogP contribution in [0, 0.1) is 6.92 Å². The zero-order chi connectivity index (χ0) is 19.3. The highest BCUT2D eigenvalue weighted by Crippen LogP contribution is 2.27. The number of anilines is 1. The van der Waals surface area contributed by atoms with Gasteiger partial charge in [0.25, 0.3) is 15.9 Å². The number of benzene rings is 2. The maximum absolute atomic E-state index is 12.4. The van der Waals surface area contributed by atoms with Crippen molar-refractivity contribution in [3.8, 4) is 5.75 Å². The molecule has 0 aliphatic rings. The van der Waals surface area contributed by atoms with Gasteiger partial charge in [-0.05, 0) is 37.3 Å². The number of carbonyl (C=O) groups is 2. The minimum Gasteiger partial charge on any atom is -0.495 e. The number of hydrazine groups is 1. The SMILES string of the molecule is COc1ccc(S(=O)(=O)NNC(=O)c2ccc(C)cc2)cc1NC(C)=O. The van der Waals surface area contributed by atoms with Crippen molar-refractivity contribution in [3.63, 3.8) is 0 Å². The largest absolute Gasteiger partial charge is 0.495 e. The number of hydrogen-bond donors (Lipinski definition) is 3. The molecule has 0 aromatic heterocycles. The third-order valence-corrected chi connectivity index (χ3v) is 4.65. The van der Waals surface area contributed by atoms with Crippen LogP contribution < -0.4 is 20.3 Å². The van der Waals surface area contributed by atoms with E-state index in [0.717, 1.165) is 5.56 Å². The maximum atomic E-state index is 12.4. The minimum atomic E-state index is -4.04. The highest BCUT2D eigenvalue weighted by atomic mass is 32.2. The van der Waals surface area contributed by atoms with Crippen molar-refractivity contribution in [3.05, 3.63) is 53.6 Å². The lowest BCUT2D eigenvalue weighted by atomic mass is 10.1. The number of nitrogens with one attached hydrogen (secondary N) is 3. The van der Waals surface area contributed by atoms with Gasteiger partial charge in [-0.2, -0.15) is 0 Å². The third kappa shape index (κ3) is 4.80. The van der Waals surface area contributed by atoms with Gasteiger partial charge in [0.15, 0.2) is 0 Å². The molecule has 2 aromatic rings. The van der Waals surface area contributed by atoms with E-state index < -0.39 is 15.9 Å². The van der Waals surface area contributed by atoms with Crippen LogP contribution in [0.3, 0.4) is 0 Å². The number of hydrogen-bond acceptors (Lipinski definition) is 5. The number of sulfonamides is 1. The Hall–Kier alpha value is -2.91. The molecular weight excluding hydrogens is 358 g/mol. The summed E-state index contributed by atoms with van der Waals surface area (Å²) in [6.45, 7) is 3.17. The molecule has 0 fully saturated rings. The van der Waals surface area contributed by atoms with Crippen LogP contribution >= 0.6 is 0 Å². The summed E-state index contributed by atoms with van der Waals surface area (Å²) in [7, 11) is -2.65. The summed E-state index contributed by atoms with van der Waals surface area (Å²) in [6.07, 6.45) is 0. The molecule has 8 nitrogen and oxygen atoms in total. The lowest BCUT2D eigenvalue weighted by Gasteiger charge is -2.12. The van der Waals surface area contributed by atoms with Gasteiger partial charge in [-0.3, -0.25) is 15.0 Å². The molecule has 0 aliphatic carbocycles. The van der Waals surface area contributed by atoms with Crippen molar-refractivity contribution in [2.24, 2.45) is 0 Å². The standard InChI is InChI=1S/C17H19N3O5S/c1-11-4-6-13(7-5-11)17(22)19-20-26(23,24)14-8-9-16(25-3)15(10-14)18-12(2)21/h4-10,20H,1-3H3,(H,18,21)(H,19,22). The summed E-state index contributed by atoms with van der Waals surface area (Å²) in [5.41, 5.74) is 3.64. The topological polar surface area (TPSA) is 114 Å². The van der Waals surface area contributed by atoms with Crippen LogP contribution in [0.15, 0.2) is 47.4 Å². The molecule has 0 spiro atoms. The molecular formula is C17H19N3O5S. The van der Waals surface area contributed by atoms with E-state index in [-0.39, 0.29) is 16.5 Å². The Morgan fingerprint density at radius 3 is 2.27 bits per heavy atom. The minimum absolute atomic E-state index is 0.147. The third-order valence-electron chi connectivity index (χ3n) is 3.40. The Kier molecular flexibility index (Phi) is 5.96. The summed E-state index contributed by atoms with van der Waals surface area (Å²) in [6, 6.07) is 10.6. The molecule has 0 saturated carbocycles. The van der Waals surface area contributed by atoms with E-state index in [2.05, 4.69) is 10.7 Å². The van der Waals surface area contributed by atoms with E-state index in [1.165, 1.54) is 32.2 Å². The molecule has 0 bridgehead atoms. The number of aryl methyl sites for hydroxylation is 1. The number of ether oxygens (including phenoxy) is 1. The molecule has 0 unspecified atom stereocenters. The first-order valence-corrected chi connectivity index (χ1v) is 9.05. The fourth-order valence-electron chi connectivity index (χ4n) is 2.09. The quantitative estimate of drug-likeness (QED) is 0.662. The van der Waals surface area contributed by atoms with Crippen molar-refractivity contribution in [2.45, 2.75) is 18.7 Å². The number of methoxy groups -OCH3 is 1. The number of carbonyl (C=O) groups excluding carboxylic acids is 2. The van der Waals surface area contributed by atoms with Crippen LogP contribution in [0.25, 0.3) is 0 Å². The van der Waals surface area contributed by atoms with Crippen LogP contribution in [0.2, 0.25) is 0 Å². The molecule has 26 heavy (non-hydrogen) atoms. The van der Waals surface area contributed by atoms with Crippen molar-refractivity contribution in [2.75, 3.05) is 12.4 Å². The Balaban J connectivity index is 2.17. The summed E-state index contributed by atoms with van der Waals surface area (Å²) in [4.78, 5) is 25.2. The second kappa shape index (κ2) is 7.98. The predicted molar refractivity (Wildman–Crippen MR) is 96.3 cm³/mol. The zero-order valence-corrected chi connectivity index (χ0v) is 15.3. The van der Waals surface area contributed by atoms with Crippen LogP contribution in [-0.4, -0.2) is 27.3 Å². The Morgan fingerprint density at radius 1 is 1.04 bits per heavy atom. The Labute approximate surface area is 151 Å². The van der Waals surface area contributed by atoms with Gasteiger partial charge >= 0.3 is 0 Å². The van der Waals surface area contributed by atoms with Gasteiger partial charge in [-0.25, -0.2) is 8.42 Å². The molecule has 0 radical (unpaired) electrons. The van der Waals surface area contributed by atoms with Gasteiger partial charge in [-0.15, -0.1) is 4.83 Å². The Bertz CT molecular complexity index is 924. The summed E-state index contributed by atoms with van der Waals surface area (Å²) in [5, 5.41) is 2.49. The normalized spacial score (nSPS) is 10.9. The lowest BCUT2D eigenvalue weighted by molar-refractivity contribution is -0.114. The van der Waals surface area contributed by atoms with Gasteiger partial charge in [0, 0.05) is 12.5 Å². The summed E-state index contributed by atoms with van der Waals surface area (Å²) >= 11 is 0. The van der Waals surface area contributed by atoms with Crippen molar-refractivity contribution in [1.82, 2.24) is 10.3 Å². The van der Waals surface area contributed by atoms with Crippen LogP contribution in [0.1, 0.15) is 22.8 Å². The van der Waals surface area contributed by atoms with E-state index in [1.54, 1.807) is 24.3 Å². The highest BCUT2D eigenvalue weighted by Gasteiger charge is 2.18. The average molecular weight is 377 g/mol. The molecule has 0 aliphatic heterocycles.